The molecule has 7 nitrogen and oxygen atoms in total. The Morgan fingerprint density at radius 1 is 0.839 bits per heavy atom. The Kier molecular flexibility index (Phi) is 5.57. The fourth-order valence-corrected chi connectivity index (χ4v) is 3.49. The Labute approximate surface area is 177 Å². The third-order valence-electron chi connectivity index (χ3n) is 5.00. The summed E-state index contributed by atoms with van der Waals surface area (Å²) in [7, 11) is 0. The van der Waals surface area contributed by atoms with Crippen molar-refractivity contribution in [3.05, 3.63) is 113 Å². The largest absolute Gasteiger partial charge is 0.479 e. The molecule has 3 aromatic carbocycles. The maximum absolute atomic E-state index is 13.4. The number of nitrogens with zero attached hydrogens (tertiary/aromatic N) is 2. The lowest BCUT2D eigenvalue weighted by Gasteiger charge is -2.23. The van der Waals surface area contributed by atoms with Gasteiger partial charge in [-0.05, 0) is 23.3 Å². The van der Waals surface area contributed by atoms with Crippen LogP contribution in [0.3, 0.4) is 0 Å². The molecule has 0 aliphatic carbocycles. The zero-order valence-corrected chi connectivity index (χ0v) is 16.4. The van der Waals surface area contributed by atoms with Crippen molar-refractivity contribution >= 4 is 22.8 Å². The van der Waals surface area contributed by atoms with Crippen LogP contribution < -0.4 is 10.9 Å². The first-order chi connectivity index (χ1) is 15.1. The number of benzene rings is 3. The van der Waals surface area contributed by atoms with E-state index >= 15 is 0 Å². The first-order valence-corrected chi connectivity index (χ1v) is 9.65. The van der Waals surface area contributed by atoms with Gasteiger partial charge in [0.15, 0.2) is 6.04 Å². The molecular formula is C24H19N3O4. The van der Waals surface area contributed by atoms with Crippen LogP contribution in [0.2, 0.25) is 0 Å². The summed E-state index contributed by atoms with van der Waals surface area (Å²) in [6.45, 7) is 0. The predicted octanol–water partition coefficient (Wildman–Crippen LogP) is 2.93. The smallest absolute Gasteiger partial charge is 0.330 e. The van der Waals surface area contributed by atoms with Crippen molar-refractivity contribution in [1.29, 1.82) is 0 Å². The van der Waals surface area contributed by atoms with Crippen molar-refractivity contribution in [2.75, 3.05) is 0 Å². The van der Waals surface area contributed by atoms with Crippen molar-refractivity contribution in [3.8, 4) is 0 Å². The van der Waals surface area contributed by atoms with Crippen LogP contribution in [-0.2, 0) is 9.59 Å². The van der Waals surface area contributed by atoms with Gasteiger partial charge in [-0.15, -0.1) is 0 Å². The molecule has 2 atom stereocenters. The fourth-order valence-electron chi connectivity index (χ4n) is 3.49. The number of para-hydroxylation sites is 1. The van der Waals surface area contributed by atoms with Gasteiger partial charge in [0.1, 0.15) is 6.04 Å². The molecule has 4 rings (SSSR count). The van der Waals surface area contributed by atoms with Crippen molar-refractivity contribution in [1.82, 2.24) is 14.9 Å². The molecule has 31 heavy (non-hydrogen) atoms. The summed E-state index contributed by atoms with van der Waals surface area (Å²) in [5, 5.41) is 12.6. The summed E-state index contributed by atoms with van der Waals surface area (Å²) in [5.41, 5.74) is 1.10. The second-order valence-electron chi connectivity index (χ2n) is 6.98. The monoisotopic (exact) mass is 413 g/mol. The quantitative estimate of drug-likeness (QED) is 0.506. The van der Waals surface area contributed by atoms with Gasteiger partial charge in [0.2, 0.25) is 5.91 Å². The molecule has 1 aromatic heterocycles. The van der Waals surface area contributed by atoms with Crippen LogP contribution in [-0.4, -0.2) is 26.5 Å². The van der Waals surface area contributed by atoms with Crippen molar-refractivity contribution in [2.45, 2.75) is 12.1 Å². The Morgan fingerprint density at radius 2 is 1.42 bits per heavy atom. The molecule has 7 heteroatoms. The average Bonchev–Trinajstić information content (AvgIpc) is 2.80. The predicted molar refractivity (Wildman–Crippen MR) is 116 cm³/mol. The Balaban J connectivity index is 1.79. The number of fused-ring (bicyclic) bond motifs is 1. The maximum atomic E-state index is 13.4. The maximum Gasteiger partial charge on any atom is 0.330 e. The van der Waals surface area contributed by atoms with Gasteiger partial charge in [0.25, 0.3) is 5.56 Å². The number of aromatic nitrogens is 2. The molecule has 0 aliphatic heterocycles. The third kappa shape index (κ3) is 4.06. The van der Waals surface area contributed by atoms with Gasteiger partial charge in [-0.1, -0.05) is 72.8 Å². The first-order valence-electron chi connectivity index (χ1n) is 9.65. The number of aliphatic carboxylic acids is 1. The highest BCUT2D eigenvalue weighted by molar-refractivity contribution is 5.89. The average molecular weight is 413 g/mol. The van der Waals surface area contributed by atoms with Crippen LogP contribution in [0.15, 0.2) is 96.1 Å². The number of carbonyl (C=O) groups excluding carboxylic acids is 1. The van der Waals surface area contributed by atoms with Crippen LogP contribution in [0.1, 0.15) is 23.2 Å². The number of hydrogen-bond acceptors (Lipinski definition) is 4. The lowest BCUT2D eigenvalue weighted by atomic mass is 10.0. The van der Waals surface area contributed by atoms with Crippen molar-refractivity contribution < 1.29 is 14.7 Å². The zero-order valence-electron chi connectivity index (χ0n) is 16.4. The zero-order chi connectivity index (χ0) is 21.8. The molecule has 154 valence electrons. The number of hydrogen-bond donors (Lipinski definition) is 2. The molecule has 1 heterocycles. The normalized spacial score (nSPS) is 12.8. The fraction of sp³-hybridized carbons (Fsp3) is 0.0833. The minimum Gasteiger partial charge on any atom is -0.479 e. The number of nitrogens with one attached hydrogen (secondary N) is 1. The van der Waals surface area contributed by atoms with E-state index in [1.807, 2.05) is 0 Å². The summed E-state index contributed by atoms with van der Waals surface area (Å²) >= 11 is 0. The van der Waals surface area contributed by atoms with Gasteiger partial charge in [-0.3, -0.25) is 14.2 Å². The highest BCUT2D eigenvalue weighted by Crippen LogP contribution is 2.21. The van der Waals surface area contributed by atoms with E-state index in [1.165, 1.54) is 10.9 Å². The lowest BCUT2D eigenvalue weighted by molar-refractivity contribution is -0.142. The van der Waals surface area contributed by atoms with Crippen LogP contribution >= 0.6 is 0 Å². The number of amides is 1. The summed E-state index contributed by atoms with van der Waals surface area (Å²) in [5.74, 6) is -1.82. The van der Waals surface area contributed by atoms with Gasteiger partial charge in [0, 0.05) is 0 Å². The Bertz CT molecular complexity index is 1290. The van der Waals surface area contributed by atoms with Crippen molar-refractivity contribution in [3.63, 3.8) is 0 Å². The molecule has 0 aliphatic rings. The second kappa shape index (κ2) is 8.62. The molecule has 4 aromatic rings. The van der Waals surface area contributed by atoms with E-state index in [4.69, 9.17) is 0 Å². The van der Waals surface area contributed by atoms with Gasteiger partial charge in [-0.25, -0.2) is 9.78 Å². The number of rotatable bonds is 6. The summed E-state index contributed by atoms with van der Waals surface area (Å²) in [6.07, 6.45) is 1.32. The summed E-state index contributed by atoms with van der Waals surface area (Å²) in [6, 6.07) is 21.6. The molecule has 2 N–H and O–H groups in total. The SMILES string of the molecule is O=C(O)[C@@H](NC(=O)[C@H](c1ccccc1)n1cnc2ccccc2c1=O)c1ccccc1. The number of carboxylic acids is 1. The summed E-state index contributed by atoms with van der Waals surface area (Å²) < 4.78 is 1.23. The second-order valence-corrected chi connectivity index (χ2v) is 6.98. The molecule has 1 amide bonds. The number of carbonyl (C=O) groups is 2. The van der Waals surface area contributed by atoms with E-state index in [1.54, 1.807) is 84.9 Å². The van der Waals surface area contributed by atoms with Crippen LogP contribution in [0.25, 0.3) is 10.9 Å². The molecule has 0 spiro atoms. The van der Waals surface area contributed by atoms with E-state index in [9.17, 15) is 19.5 Å². The minimum atomic E-state index is -1.26. The van der Waals surface area contributed by atoms with Crippen LogP contribution in [0, 0.1) is 0 Å². The highest BCUT2D eigenvalue weighted by atomic mass is 16.4. The molecule has 0 unspecified atom stereocenters. The Hall–Kier alpha value is -4.26. The van der Waals surface area contributed by atoms with Gasteiger partial charge in [-0.2, -0.15) is 0 Å². The van der Waals surface area contributed by atoms with Crippen LogP contribution in [0.4, 0.5) is 0 Å². The molecule has 0 saturated heterocycles. The van der Waals surface area contributed by atoms with E-state index in [2.05, 4.69) is 10.3 Å². The first kappa shape index (κ1) is 20.0. The van der Waals surface area contributed by atoms with Gasteiger partial charge >= 0.3 is 5.97 Å². The Morgan fingerprint density at radius 3 is 2.06 bits per heavy atom. The molecular weight excluding hydrogens is 394 g/mol. The standard InChI is InChI=1S/C24H19N3O4/c28-22(26-20(24(30)31)16-9-3-1-4-10-16)21(17-11-5-2-6-12-17)27-15-25-19-14-8-7-13-18(19)23(27)29/h1-15,20-21H,(H,26,28)(H,30,31)/t20-,21-/m0/s1. The summed E-state index contributed by atoms with van der Waals surface area (Å²) in [4.78, 5) is 42.7. The lowest BCUT2D eigenvalue weighted by Crippen LogP contribution is -2.41. The van der Waals surface area contributed by atoms with Crippen LogP contribution in [0.5, 0.6) is 0 Å². The topological polar surface area (TPSA) is 101 Å². The minimum absolute atomic E-state index is 0.372. The van der Waals surface area contributed by atoms with Crippen molar-refractivity contribution in [2.24, 2.45) is 0 Å². The van der Waals surface area contributed by atoms with E-state index < -0.39 is 24.0 Å². The van der Waals surface area contributed by atoms with Gasteiger partial charge in [0.05, 0.1) is 17.2 Å². The van der Waals surface area contributed by atoms with E-state index in [0.717, 1.165) is 0 Å². The molecule has 0 fully saturated rings. The number of carboxylic acid groups (broad SMARTS) is 1. The van der Waals surface area contributed by atoms with E-state index in [-0.39, 0.29) is 5.56 Å². The van der Waals surface area contributed by atoms with E-state index in [0.29, 0.717) is 22.0 Å². The third-order valence-corrected chi connectivity index (χ3v) is 5.00. The molecule has 0 radical (unpaired) electrons. The highest BCUT2D eigenvalue weighted by Gasteiger charge is 2.29. The molecule has 0 saturated carbocycles. The molecule has 0 bridgehead atoms. The van der Waals surface area contributed by atoms with Gasteiger partial charge < -0.3 is 10.4 Å².